The first kappa shape index (κ1) is 13.2. The Morgan fingerprint density at radius 2 is 2.45 bits per heavy atom. The zero-order valence-electron chi connectivity index (χ0n) is 11.1. The highest BCUT2D eigenvalue weighted by atomic mass is 32.1. The van der Waals surface area contributed by atoms with E-state index in [0.29, 0.717) is 24.9 Å². The van der Waals surface area contributed by atoms with Gasteiger partial charge in [0.25, 0.3) is 0 Å². The van der Waals surface area contributed by atoms with Crippen molar-refractivity contribution in [2.45, 2.75) is 19.5 Å². The molecular formula is C13H14N4O2S. The van der Waals surface area contributed by atoms with Gasteiger partial charge in [-0.25, -0.2) is 0 Å². The number of morpholine rings is 1. The van der Waals surface area contributed by atoms with Gasteiger partial charge in [0, 0.05) is 18.0 Å². The van der Waals surface area contributed by atoms with Crippen LogP contribution in [0.3, 0.4) is 0 Å². The Morgan fingerprint density at radius 3 is 3.15 bits per heavy atom. The number of hydrogen-bond donors (Lipinski definition) is 0. The second-order valence-corrected chi connectivity index (χ2v) is 5.79. The van der Waals surface area contributed by atoms with E-state index in [0.717, 1.165) is 22.8 Å². The van der Waals surface area contributed by atoms with Crippen LogP contribution in [0.15, 0.2) is 16.7 Å². The largest absolute Gasteiger partial charge is 0.378 e. The highest BCUT2D eigenvalue weighted by Crippen LogP contribution is 2.26. The molecule has 0 amide bonds. The molecule has 3 rings (SSSR count). The molecule has 3 heterocycles. The van der Waals surface area contributed by atoms with Crippen LogP contribution in [-0.2, 0) is 11.3 Å². The molecule has 2 aromatic rings. The molecule has 0 aliphatic carbocycles. The maximum Gasteiger partial charge on any atom is 0.246 e. The van der Waals surface area contributed by atoms with E-state index in [1.807, 2.05) is 12.1 Å². The minimum atomic E-state index is -0.0161. The maximum atomic E-state index is 8.88. The van der Waals surface area contributed by atoms with Crippen molar-refractivity contribution in [1.82, 2.24) is 15.0 Å². The molecule has 0 spiro atoms. The van der Waals surface area contributed by atoms with Crippen LogP contribution in [-0.4, -0.2) is 34.8 Å². The lowest BCUT2D eigenvalue weighted by molar-refractivity contribution is -0.0236. The average Bonchev–Trinajstić information content (AvgIpc) is 3.08. The Balaban J connectivity index is 1.77. The van der Waals surface area contributed by atoms with E-state index in [1.165, 1.54) is 11.3 Å². The zero-order valence-corrected chi connectivity index (χ0v) is 11.9. The number of rotatable bonds is 3. The molecule has 0 radical (unpaired) electrons. The van der Waals surface area contributed by atoms with Crippen molar-refractivity contribution in [1.29, 1.82) is 5.26 Å². The third kappa shape index (κ3) is 2.72. The standard InChI is InChI=1S/C13H14N4O2S/c1-9-15-13(19-16-9)12-8-18-5-4-17(12)7-11-3-2-10(6-14)20-11/h2-3,12H,4-5,7-8H2,1H3/t12-/m1/s1. The lowest BCUT2D eigenvalue weighted by atomic mass is 10.2. The van der Waals surface area contributed by atoms with Crippen molar-refractivity contribution >= 4 is 11.3 Å². The van der Waals surface area contributed by atoms with Gasteiger partial charge in [0.2, 0.25) is 5.89 Å². The van der Waals surface area contributed by atoms with Gasteiger partial charge >= 0.3 is 0 Å². The monoisotopic (exact) mass is 290 g/mol. The van der Waals surface area contributed by atoms with Gasteiger partial charge in [-0.05, 0) is 19.1 Å². The molecule has 2 aromatic heterocycles. The molecule has 0 bridgehead atoms. The predicted octanol–water partition coefficient (Wildman–Crippen LogP) is 1.88. The Kier molecular flexibility index (Phi) is 3.78. The molecule has 1 aliphatic heterocycles. The molecule has 1 aliphatic rings. The smallest absolute Gasteiger partial charge is 0.246 e. The van der Waals surface area contributed by atoms with Gasteiger partial charge in [-0.15, -0.1) is 11.3 Å². The Labute approximate surface area is 120 Å². The third-order valence-corrected chi connectivity index (χ3v) is 4.17. The quantitative estimate of drug-likeness (QED) is 0.859. The van der Waals surface area contributed by atoms with Crippen molar-refractivity contribution in [3.05, 3.63) is 33.6 Å². The van der Waals surface area contributed by atoms with E-state index < -0.39 is 0 Å². The maximum absolute atomic E-state index is 8.88. The highest BCUT2D eigenvalue weighted by molar-refractivity contribution is 7.12. The predicted molar refractivity (Wildman–Crippen MR) is 72.0 cm³/mol. The summed E-state index contributed by atoms with van der Waals surface area (Å²) < 4.78 is 10.8. The number of nitriles is 1. The fourth-order valence-corrected chi connectivity index (χ4v) is 3.06. The fraction of sp³-hybridized carbons (Fsp3) is 0.462. The second kappa shape index (κ2) is 5.71. The third-order valence-electron chi connectivity index (χ3n) is 3.20. The molecule has 0 unspecified atom stereocenters. The first-order valence-electron chi connectivity index (χ1n) is 6.37. The van der Waals surface area contributed by atoms with Gasteiger partial charge in [0.1, 0.15) is 17.0 Å². The van der Waals surface area contributed by atoms with Crippen molar-refractivity contribution in [3.8, 4) is 6.07 Å². The minimum absolute atomic E-state index is 0.0161. The van der Waals surface area contributed by atoms with Crippen molar-refractivity contribution in [2.75, 3.05) is 19.8 Å². The van der Waals surface area contributed by atoms with Gasteiger partial charge in [-0.1, -0.05) is 5.16 Å². The zero-order chi connectivity index (χ0) is 13.9. The summed E-state index contributed by atoms with van der Waals surface area (Å²) in [5.74, 6) is 1.23. The highest BCUT2D eigenvalue weighted by Gasteiger charge is 2.29. The fourth-order valence-electron chi connectivity index (χ4n) is 2.23. The molecule has 0 aromatic carbocycles. The Morgan fingerprint density at radius 1 is 1.55 bits per heavy atom. The molecular weight excluding hydrogens is 276 g/mol. The van der Waals surface area contributed by atoms with Crippen molar-refractivity contribution in [3.63, 3.8) is 0 Å². The van der Waals surface area contributed by atoms with E-state index in [1.54, 1.807) is 6.92 Å². The molecule has 0 saturated carbocycles. The molecule has 1 saturated heterocycles. The van der Waals surface area contributed by atoms with Crippen molar-refractivity contribution < 1.29 is 9.26 Å². The van der Waals surface area contributed by atoms with E-state index >= 15 is 0 Å². The topological polar surface area (TPSA) is 75.2 Å². The van der Waals surface area contributed by atoms with Gasteiger partial charge in [0.15, 0.2) is 5.82 Å². The molecule has 1 fully saturated rings. The number of hydrogen-bond acceptors (Lipinski definition) is 7. The molecule has 1 atom stereocenters. The van der Waals surface area contributed by atoms with Crippen LogP contribution in [0.5, 0.6) is 0 Å². The van der Waals surface area contributed by atoms with E-state index in [2.05, 4.69) is 21.1 Å². The summed E-state index contributed by atoms with van der Waals surface area (Å²) in [6, 6.07) is 6.00. The van der Waals surface area contributed by atoms with E-state index in [-0.39, 0.29) is 6.04 Å². The summed E-state index contributed by atoms with van der Waals surface area (Å²) in [4.78, 5) is 8.44. The molecule has 20 heavy (non-hydrogen) atoms. The van der Waals surface area contributed by atoms with Crippen LogP contribution in [0.2, 0.25) is 0 Å². The SMILES string of the molecule is Cc1noc([C@H]2COCCN2Cc2ccc(C#N)s2)n1. The molecule has 104 valence electrons. The minimum Gasteiger partial charge on any atom is -0.378 e. The van der Waals surface area contributed by atoms with Gasteiger partial charge in [-0.3, -0.25) is 4.90 Å². The van der Waals surface area contributed by atoms with Crippen LogP contribution in [0.4, 0.5) is 0 Å². The number of thiophene rings is 1. The number of aryl methyl sites for hydroxylation is 1. The van der Waals surface area contributed by atoms with E-state index in [9.17, 15) is 0 Å². The van der Waals surface area contributed by atoms with Crippen LogP contribution < -0.4 is 0 Å². The van der Waals surface area contributed by atoms with Crippen LogP contribution in [0.25, 0.3) is 0 Å². The average molecular weight is 290 g/mol. The number of nitrogens with zero attached hydrogens (tertiary/aromatic N) is 4. The summed E-state index contributed by atoms with van der Waals surface area (Å²) in [5, 5.41) is 12.7. The number of aromatic nitrogens is 2. The van der Waals surface area contributed by atoms with E-state index in [4.69, 9.17) is 14.5 Å². The molecule has 7 heteroatoms. The first-order valence-corrected chi connectivity index (χ1v) is 7.19. The summed E-state index contributed by atoms with van der Waals surface area (Å²) in [5.41, 5.74) is 0. The summed E-state index contributed by atoms with van der Waals surface area (Å²) in [6.45, 7) is 4.63. The Hall–Kier alpha value is -1.75. The van der Waals surface area contributed by atoms with Crippen LogP contribution in [0, 0.1) is 18.3 Å². The second-order valence-electron chi connectivity index (χ2n) is 4.62. The summed E-state index contributed by atoms with van der Waals surface area (Å²) in [6.07, 6.45) is 0. The van der Waals surface area contributed by atoms with Crippen LogP contribution in [0.1, 0.15) is 27.5 Å². The number of ether oxygens (including phenoxy) is 1. The normalized spacial score (nSPS) is 19.9. The summed E-state index contributed by atoms with van der Waals surface area (Å²) in [7, 11) is 0. The lowest BCUT2D eigenvalue weighted by Gasteiger charge is -2.32. The van der Waals surface area contributed by atoms with Crippen molar-refractivity contribution in [2.24, 2.45) is 0 Å². The summed E-state index contributed by atoms with van der Waals surface area (Å²) >= 11 is 1.52. The van der Waals surface area contributed by atoms with Gasteiger partial charge < -0.3 is 9.26 Å². The molecule has 0 N–H and O–H groups in total. The van der Waals surface area contributed by atoms with Gasteiger partial charge in [0.05, 0.1) is 13.2 Å². The molecule has 6 nitrogen and oxygen atoms in total. The first-order chi connectivity index (χ1) is 9.76. The Bertz CT molecular complexity index is 630. The lowest BCUT2D eigenvalue weighted by Crippen LogP contribution is -2.39. The van der Waals surface area contributed by atoms with Gasteiger partial charge in [-0.2, -0.15) is 10.2 Å². The van der Waals surface area contributed by atoms with Crippen LogP contribution >= 0.6 is 11.3 Å².